The molecule has 9 heteroatoms. The van der Waals surface area contributed by atoms with E-state index >= 15 is 0 Å². The second-order valence-electron chi connectivity index (χ2n) is 7.57. The van der Waals surface area contributed by atoms with E-state index in [1.165, 1.54) is 0 Å². The summed E-state index contributed by atoms with van der Waals surface area (Å²) in [4.78, 5) is 0. The van der Waals surface area contributed by atoms with Gasteiger partial charge in [0.25, 0.3) is 0 Å². The van der Waals surface area contributed by atoms with Crippen LogP contribution < -0.4 is 4.52 Å². The quantitative estimate of drug-likeness (QED) is 0.633. The lowest BCUT2D eigenvalue weighted by atomic mass is 9.99. The maximum Gasteiger partial charge on any atom is 0.531 e. The van der Waals surface area contributed by atoms with Gasteiger partial charge in [0.15, 0.2) is 12.1 Å². The van der Waals surface area contributed by atoms with Gasteiger partial charge in [0.2, 0.25) is 0 Å². The summed E-state index contributed by atoms with van der Waals surface area (Å²) < 4.78 is 48.7. The number of para-hydroxylation sites is 1. The lowest BCUT2D eigenvalue weighted by Crippen LogP contribution is -2.43. The fourth-order valence-corrected chi connectivity index (χ4v) is 5.50. The third-order valence-electron chi connectivity index (χ3n) is 4.98. The summed E-state index contributed by atoms with van der Waals surface area (Å²) in [5, 5.41) is 0.582. The normalized spacial score (nSPS) is 37.7. The molecule has 6 atom stereocenters. The highest BCUT2D eigenvalue weighted by molar-refractivity contribution is 7.49. The number of benzene rings is 2. The molecule has 0 radical (unpaired) electrons. The van der Waals surface area contributed by atoms with Crippen LogP contribution in [0.2, 0.25) is 5.02 Å². The van der Waals surface area contributed by atoms with Gasteiger partial charge in [-0.2, -0.15) is 0 Å². The highest BCUT2D eigenvalue weighted by atomic mass is 35.5. The summed E-state index contributed by atoms with van der Waals surface area (Å²) in [6, 6.07) is 15.8. The molecule has 0 aliphatic carbocycles. The highest BCUT2D eigenvalue weighted by Gasteiger charge is 2.63. The van der Waals surface area contributed by atoms with Gasteiger partial charge in [-0.1, -0.05) is 41.9 Å². The number of phosphoric ester groups is 1. The van der Waals surface area contributed by atoms with Gasteiger partial charge in [0, 0.05) is 5.02 Å². The van der Waals surface area contributed by atoms with Gasteiger partial charge in [-0.15, -0.1) is 0 Å². The maximum absolute atomic E-state index is 13.5. The van der Waals surface area contributed by atoms with Crippen molar-refractivity contribution < 1.29 is 32.3 Å². The fraction of sp³-hybridized carbons (Fsp3) is 0.400. The van der Waals surface area contributed by atoms with E-state index in [0.29, 0.717) is 10.8 Å². The number of phosphoric acid groups is 1. The van der Waals surface area contributed by atoms with Crippen LogP contribution in [0.5, 0.6) is 5.75 Å². The molecule has 0 N–H and O–H groups in total. The molecule has 0 amide bonds. The first-order chi connectivity index (χ1) is 13.8. The number of hydrogen-bond donors (Lipinski definition) is 0. The lowest BCUT2D eigenvalue weighted by molar-refractivity contribution is -0.231. The summed E-state index contributed by atoms with van der Waals surface area (Å²) in [6.07, 6.45) is -3.18. The van der Waals surface area contributed by atoms with Crippen LogP contribution in [0.1, 0.15) is 25.5 Å². The third-order valence-corrected chi connectivity index (χ3v) is 6.65. The smallest absolute Gasteiger partial charge is 0.404 e. The largest absolute Gasteiger partial charge is 0.531 e. The number of halogens is 1. The van der Waals surface area contributed by atoms with Crippen molar-refractivity contribution in [2.45, 2.75) is 50.3 Å². The highest BCUT2D eigenvalue weighted by Crippen LogP contribution is 2.62. The molecule has 7 nitrogen and oxygen atoms in total. The zero-order valence-corrected chi connectivity index (χ0v) is 17.4. The summed E-state index contributed by atoms with van der Waals surface area (Å²) in [5.74, 6) is -0.453. The van der Waals surface area contributed by atoms with E-state index in [1.807, 2.05) is 6.07 Å². The second kappa shape index (κ2) is 7.06. The monoisotopic (exact) mass is 438 g/mol. The molecule has 154 valence electrons. The van der Waals surface area contributed by atoms with Crippen molar-refractivity contribution in [2.75, 3.05) is 0 Å². The van der Waals surface area contributed by atoms with Gasteiger partial charge >= 0.3 is 7.82 Å². The molecule has 0 bridgehead atoms. The van der Waals surface area contributed by atoms with Crippen LogP contribution >= 0.6 is 19.4 Å². The molecule has 0 unspecified atom stereocenters. The number of ether oxygens (including phenoxy) is 3. The van der Waals surface area contributed by atoms with E-state index in [0.717, 1.165) is 5.56 Å². The van der Waals surface area contributed by atoms with Crippen molar-refractivity contribution in [3.8, 4) is 5.75 Å². The van der Waals surface area contributed by atoms with Gasteiger partial charge in [-0.25, -0.2) is 4.57 Å². The van der Waals surface area contributed by atoms with Crippen molar-refractivity contribution in [3.63, 3.8) is 0 Å². The Morgan fingerprint density at radius 1 is 0.931 bits per heavy atom. The minimum Gasteiger partial charge on any atom is -0.404 e. The summed E-state index contributed by atoms with van der Waals surface area (Å²) in [5.41, 5.74) is 0.740. The minimum atomic E-state index is -3.98. The molecule has 3 saturated heterocycles. The zero-order valence-electron chi connectivity index (χ0n) is 15.8. The molecule has 0 aromatic heterocycles. The van der Waals surface area contributed by atoms with Crippen molar-refractivity contribution in [3.05, 3.63) is 65.2 Å². The van der Waals surface area contributed by atoms with Crippen LogP contribution in [-0.4, -0.2) is 30.4 Å². The molecule has 2 aromatic rings. The van der Waals surface area contributed by atoms with Crippen LogP contribution in [0, 0.1) is 0 Å². The first-order valence-corrected chi connectivity index (χ1v) is 11.1. The van der Waals surface area contributed by atoms with Crippen molar-refractivity contribution >= 4 is 19.4 Å². The number of hydrogen-bond acceptors (Lipinski definition) is 7. The Balaban J connectivity index is 1.49. The van der Waals surface area contributed by atoms with Gasteiger partial charge in [0.1, 0.15) is 30.2 Å². The molecular weight excluding hydrogens is 419 g/mol. The van der Waals surface area contributed by atoms with Crippen LogP contribution in [0.25, 0.3) is 0 Å². The maximum atomic E-state index is 13.5. The van der Waals surface area contributed by atoms with E-state index < -0.39 is 44.3 Å². The van der Waals surface area contributed by atoms with Gasteiger partial charge in [0.05, 0.1) is 0 Å². The van der Waals surface area contributed by atoms with Crippen molar-refractivity contribution in [1.29, 1.82) is 0 Å². The Morgan fingerprint density at radius 3 is 2.38 bits per heavy atom. The molecule has 3 heterocycles. The molecule has 0 spiro atoms. The van der Waals surface area contributed by atoms with E-state index in [-0.39, 0.29) is 0 Å². The van der Waals surface area contributed by atoms with Crippen LogP contribution in [0.15, 0.2) is 54.6 Å². The molecule has 3 aliphatic heterocycles. The number of rotatable bonds is 3. The van der Waals surface area contributed by atoms with Crippen LogP contribution in [0.4, 0.5) is 0 Å². The summed E-state index contributed by atoms with van der Waals surface area (Å²) in [6.45, 7) is 3.58. The van der Waals surface area contributed by atoms with E-state index in [1.54, 1.807) is 62.4 Å². The predicted molar refractivity (Wildman–Crippen MR) is 104 cm³/mol. The van der Waals surface area contributed by atoms with Crippen LogP contribution in [0.3, 0.4) is 0 Å². The molecular formula is C20H20ClO7P. The minimum absolute atomic E-state index is 0.378. The van der Waals surface area contributed by atoms with Crippen LogP contribution in [-0.2, 0) is 27.8 Å². The molecule has 29 heavy (non-hydrogen) atoms. The first-order valence-electron chi connectivity index (χ1n) is 9.30. The Kier molecular flexibility index (Phi) is 4.76. The lowest BCUT2D eigenvalue weighted by Gasteiger charge is -2.38. The molecule has 3 aliphatic rings. The zero-order chi connectivity index (χ0) is 20.2. The predicted octanol–water partition coefficient (Wildman–Crippen LogP) is 4.86. The van der Waals surface area contributed by atoms with Crippen molar-refractivity contribution in [2.24, 2.45) is 0 Å². The number of fused-ring (bicyclic) bond motifs is 3. The van der Waals surface area contributed by atoms with E-state index in [4.69, 9.17) is 39.4 Å². The first kappa shape index (κ1) is 19.5. The SMILES string of the molecule is CC1(C)O[C@H]2O[C@H]3[C@H](O[P@@](=O)(Oc4ccccc4)O[C@H]3c3ccc(Cl)cc3)[C@H]2O1. The Labute approximate surface area is 173 Å². The molecule has 2 aromatic carbocycles. The summed E-state index contributed by atoms with van der Waals surface area (Å²) >= 11 is 6.02. The Bertz CT molecular complexity index is 936. The van der Waals surface area contributed by atoms with Crippen molar-refractivity contribution in [1.82, 2.24) is 0 Å². The molecule has 3 fully saturated rings. The molecule has 0 saturated carbocycles. The molecule has 5 rings (SSSR count). The average Bonchev–Trinajstić information content (AvgIpc) is 3.14. The van der Waals surface area contributed by atoms with Gasteiger partial charge in [-0.3, -0.25) is 9.05 Å². The Hall–Kier alpha value is -1.44. The van der Waals surface area contributed by atoms with E-state index in [9.17, 15) is 4.57 Å². The van der Waals surface area contributed by atoms with E-state index in [2.05, 4.69) is 0 Å². The standard InChI is InChI=1S/C20H20ClO7P/c1-20(2)24-18-17-16(23-19(18)25-20)15(12-8-10-13(21)11-9-12)27-29(22,28-17)26-14-6-4-3-5-7-14/h3-11,15-19H,1-2H3/t15-,16+,17-,18+,19+,29-/m0/s1. The average molecular weight is 439 g/mol. The van der Waals surface area contributed by atoms with Gasteiger partial charge in [-0.05, 0) is 43.7 Å². The summed E-state index contributed by atoms with van der Waals surface area (Å²) in [7, 11) is -3.98. The fourth-order valence-electron chi connectivity index (χ4n) is 3.80. The second-order valence-corrected chi connectivity index (χ2v) is 9.50. The topological polar surface area (TPSA) is 72.5 Å². The Morgan fingerprint density at radius 2 is 1.66 bits per heavy atom. The van der Waals surface area contributed by atoms with Gasteiger partial charge < -0.3 is 18.7 Å². The third kappa shape index (κ3) is 3.73.